The highest BCUT2D eigenvalue weighted by molar-refractivity contribution is 5.36. The van der Waals surface area contributed by atoms with E-state index in [0.29, 0.717) is 13.2 Å². The van der Waals surface area contributed by atoms with Crippen molar-refractivity contribution in [2.45, 2.75) is 19.1 Å². The molecule has 0 bridgehead atoms. The van der Waals surface area contributed by atoms with Gasteiger partial charge >= 0.3 is 0 Å². The van der Waals surface area contributed by atoms with E-state index < -0.39 is 17.9 Å². The lowest BCUT2D eigenvalue weighted by atomic mass is 10.0. The van der Waals surface area contributed by atoms with Crippen molar-refractivity contribution in [1.82, 2.24) is 4.98 Å². The number of pyridine rings is 1. The van der Waals surface area contributed by atoms with Gasteiger partial charge in [0.1, 0.15) is 11.8 Å². The number of rotatable bonds is 2. The van der Waals surface area contributed by atoms with Crippen molar-refractivity contribution in [2.24, 2.45) is 0 Å². The van der Waals surface area contributed by atoms with Crippen molar-refractivity contribution >= 4 is 0 Å². The SMILES string of the molecule is CC1(c2cc(C#N)cnc2C(F)F)OCCO1. The molecule has 0 spiro atoms. The molecule has 0 radical (unpaired) electrons. The van der Waals surface area contributed by atoms with Crippen molar-refractivity contribution in [3.8, 4) is 6.07 Å². The topological polar surface area (TPSA) is 55.1 Å². The second kappa shape index (κ2) is 4.35. The van der Waals surface area contributed by atoms with Gasteiger partial charge in [-0.3, -0.25) is 4.98 Å². The van der Waals surface area contributed by atoms with Crippen LogP contribution in [-0.4, -0.2) is 18.2 Å². The van der Waals surface area contributed by atoms with Gasteiger partial charge in [0.05, 0.1) is 18.8 Å². The lowest BCUT2D eigenvalue weighted by Crippen LogP contribution is -2.25. The van der Waals surface area contributed by atoms with Gasteiger partial charge in [0, 0.05) is 11.8 Å². The summed E-state index contributed by atoms with van der Waals surface area (Å²) >= 11 is 0. The summed E-state index contributed by atoms with van der Waals surface area (Å²) in [5.74, 6) is -1.24. The molecule has 2 heterocycles. The van der Waals surface area contributed by atoms with E-state index in [9.17, 15) is 8.78 Å². The third kappa shape index (κ3) is 2.12. The summed E-state index contributed by atoms with van der Waals surface area (Å²) < 4.78 is 36.3. The summed E-state index contributed by atoms with van der Waals surface area (Å²) in [5, 5.41) is 8.76. The highest BCUT2D eigenvalue weighted by Crippen LogP contribution is 2.36. The van der Waals surface area contributed by atoms with Gasteiger partial charge < -0.3 is 9.47 Å². The third-order valence-electron chi connectivity index (χ3n) is 2.58. The molecule has 0 saturated carbocycles. The van der Waals surface area contributed by atoms with Crippen LogP contribution in [0.5, 0.6) is 0 Å². The highest BCUT2D eigenvalue weighted by atomic mass is 19.3. The number of aromatic nitrogens is 1. The van der Waals surface area contributed by atoms with E-state index >= 15 is 0 Å². The van der Waals surface area contributed by atoms with Gasteiger partial charge in [-0.1, -0.05) is 0 Å². The number of nitrogens with zero attached hydrogens (tertiary/aromatic N) is 2. The second-order valence-electron chi connectivity index (χ2n) is 3.71. The molecule has 2 rings (SSSR count). The smallest absolute Gasteiger partial charge is 0.280 e. The molecule has 0 atom stereocenters. The maximum atomic E-state index is 12.8. The van der Waals surface area contributed by atoms with Gasteiger partial charge in [-0.2, -0.15) is 5.26 Å². The Bertz CT molecular complexity index is 465. The average molecular weight is 240 g/mol. The molecular formula is C11H10F2N2O2. The van der Waals surface area contributed by atoms with E-state index in [4.69, 9.17) is 14.7 Å². The summed E-state index contributed by atoms with van der Waals surface area (Å²) in [6.45, 7) is 2.20. The third-order valence-corrected chi connectivity index (χ3v) is 2.58. The van der Waals surface area contributed by atoms with Crippen LogP contribution in [-0.2, 0) is 15.3 Å². The first kappa shape index (κ1) is 11.9. The molecule has 1 aromatic heterocycles. The zero-order valence-electron chi connectivity index (χ0n) is 9.11. The molecule has 1 aliphatic heterocycles. The number of hydrogen-bond acceptors (Lipinski definition) is 4. The van der Waals surface area contributed by atoms with Crippen LogP contribution in [0.4, 0.5) is 8.78 Å². The molecular weight excluding hydrogens is 230 g/mol. The lowest BCUT2D eigenvalue weighted by molar-refractivity contribution is -0.151. The molecule has 0 aliphatic carbocycles. The normalized spacial score (nSPS) is 18.3. The molecule has 4 nitrogen and oxygen atoms in total. The Hall–Kier alpha value is -1.58. The van der Waals surface area contributed by atoms with E-state index in [2.05, 4.69) is 4.98 Å². The average Bonchev–Trinajstić information content (AvgIpc) is 2.76. The van der Waals surface area contributed by atoms with E-state index in [-0.39, 0.29) is 11.1 Å². The highest BCUT2D eigenvalue weighted by Gasteiger charge is 2.37. The Morgan fingerprint density at radius 2 is 2.12 bits per heavy atom. The van der Waals surface area contributed by atoms with E-state index in [1.165, 1.54) is 6.07 Å². The second-order valence-corrected chi connectivity index (χ2v) is 3.71. The van der Waals surface area contributed by atoms with Crippen LogP contribution in [0.2, 0.25) is 0 Å². The molecule has 1 fully saturated rings. The maximum absolute atomic E-state index is 12.8. The lowest BCUT2D eigenvalue weighted by Gasteiger charge is -2.24. The van der Waals surface area contributed by atoms with E-state index in [1.54, 1.807) is 6.92 Å². The first-order chi connectivity index (χ1) is 8.07. The predicted octanol–water partition coefficient (Wildman–Crippen LogP) is 2.11. The van der Waals surface area contributed by atoms with Crippen LogP contribution in [0.25, 0.3) is 0 Å². The Morgan fingerprint density at radius 1 is 1.47 bits per heavy atom. The molecule has 1 saturated heterocycles. The van der Waals surface area contributed by atoms with Gasteiger partial charge in [-0.05, 0) is 13.0 Å². The molecule has 0 amide bonds. The fraction of sp³-hybridized carbons (Fsp3) is 0.455. The number of alkyl halides is 2. The fourth-order valence-electron chi connectivity index (χ4n) is 1.74. The minimum absolute atomic E-state index is 0.115. The molecule has 90 valence electrons. The van der Waals surface area contributed by atoms with Crippen molar-refractivity contribution in [3.05, 3.63) is 29.1 Å². The van der Waals surface area contributed by atoms with Crippen LogP contribution in [0.1, 0.15) is 30.2 Å². The summed E-state index contributed by atoms with van der Waals surface area (Å²) in [4.78, 5) is 3.61. The first-order valence-corrected chi connectivity index (χ1v) is 5.03. The molecule has 0 N–H and O–H groups in total. The Kier molecular flexibility index (Phi) is 3.05. The largest absolute Gasteiger partial charge is 0.344 e. The van der Waals surface area contributed by atoms with Gasteiger partial charge in [0.15, 0.2) is 5.79 Å². The zero-order valence-corrected chi connectivity index (χ0v) is 9.11. The predicted molar refractivity (Wildman–Crippen MR) is 53.2 cm³/mol. The van der Waals surface area contributed by atoms with E-state index in [1.807, 2.05) is 6.07 Å². The molecule has 6 heteroatoms. The van der Waals surface area contributed by atoms with Crippen molar-refractivity contribution in [1.29, 1.82) is 5.26 Å². The minimum Gasteiger partial charge on any atom is -0.344 e. The summed E-state index contributed by atoms with van der Waals surface area (Å²) in [6.07, 6.45) is -1.62. The standard InChI is InChI=1S/C11H10F2N2O2/c1-11(16-2-3-17-11)8-4-7(5-14)6-15-9(8)10(12)13/h4,6,10H,2-3H2,1H3. The summed E-state index contributed by atoms with van der Waals surface area (Å²) in [6, 6.07) is 3.19. The number of ether oxygens (including phenoxy) is 2. The van der Waals surface area contributed by atoms with Crippen LogP contribution in [0.3, 0.4) is 0 Å². The molecule has 0 aromatic carbocycles. The van der Waals surface area contributed by atoms with Gasteiger partial charge in [0.25, 0.3) is 6.43 Å². The Morgan fingerprint density at radius 3 is 2.65 bits per heavy atom. The van der Waals surface area contributed by atoms with Gasteiger partial charge in [0.2, 0.25) is 0 Å². The van der Waals surface area contributed by atoms with E-state index in [0.717, 1.165) is 6.20 Å². The number of hydrogen-bond donors (Lipinski definition) is 0. The van der Waals surface area contributed by atoms with Crippen LogP contribution < -0.4 is 0 Å². The molecule has 1 aliphatic rings. The van der Waals surface area contributed by atoms with Crippen LogP contribution >= 0.6 is 0 Å². The summed E-state index contributed by atoms with van der Waals surface area (Å²) in [7, 11) is 0. The van der Waals surface area contributed by atoms with Crippen molar-refractivity contribution in [2.75, 3.05) is 13.2 Å². The molecule has 0 unspecified atom stereocenters. The van der Waals surface area contributed by atoms with Crippen LogP contribution in [0, 0.1) is 11.3 Å². The zero-order chi connectivity index (χ0) is 12.5. The molecule has 17 heavy (non-hydrogen) atoms. The van der Waals surface area contributed by atoms with Crippen molar-refractivity contribution in [3.63, 3.8) is 0 Å². The Labute approximate surface area is 96.8 Å². The monoisotopic (exact) mass is 240 g/mol. The molecule has 1 aromatic rings. The van der Waals surface area contributed by atoms with Crippen LogP contribution in [0.15, 0.2) is 12.3 Å². The van der Waals surface area contributed by atoms with Gasteiger partial charge in [-0.15, -0.1) is 0 Å². The first-order valence-electron chi connectivity index (χ1n) is 5.03. The summed E-state index contributed by atoms with van der Waals surface area (Å²) in [5.41, 5.74) is -0.0952. The Balaban J connectivity index is 2.53. The van der Waals surface area contributed by atoms with Crippen molar-refractivity contribution < 1.29 is 18.3 Å². The number of halogens is 2. The quantitative estimate of drug-likeness (QED) is 0.794. The maximum Gasteiger partial charge on any atom is 0.280 e. The number of nitriles is 1. The fourth-order valence-corrected chi connectivity index (χ4v) is 1.74. The minimum atomic E-state index is -2.73. The van der Waals surface area contributed by atoms with Gasteiger partial charge in [-0.25, -0.2) is 8.78 Å².